The number of nitrogens with one attached hydrogen (secondary N) is 1. The van der Waals surface area contributed by atoms with Crippen molar-refractivity contribution in [3.8, 4) is 22.9 Å². The van der Waals surface area contributed by atoms with Gasteiger partial charge in [0.2, 0.25) is 24.4 Å². The number of hydrogen-bond acceptors (Lipinski definition) is 7. The van der Waals surface area contributed by atoms with Crippen molar-refractivity contribution in [2.75, 3.05) is 19.9 Å². The van der Waals surface area contributed by atoms with Gasteiger partial charge in [-0.1, -0.05) is 39.3 Å². The third-order valence-corrected chi connectivity index (χ3v) is 6.27. The second-order valence-electron chi connectivity index (χ2n) is 7.98. The first-order valence-corrected chi connectivity index (χ1v) is 11.4. The van der Waals surface area contributed by atoms with E-state index in [0.717, 1.165) is 53.0 Å². The van der Waals surface area contributed by atoms with Crippen molar-refractivity contribution in [1.82, 2.24) is 20.4 Å². The van der Waals surface area contributed by atoms with E-state index in [4.69, 9.17) is 14.0 Å². The largest absolute Gasteiger partial charge is 0.454 e. The second kappa shape index (κ2) is 9.30. The van der Waals surface area contributed by atoms with Gasteiger partial charge in [0.1, 0.15) is 0 Å². The molecule has 0 aliphatic carbocycles. The molecule has 0 unspecified atom stereocenters. The molecule has 0 atom stereocenters. The molecule has 2 aliphatic rings. The molecule has 2 aromatic carbocycles. The van der Waals surface area contributed by atoms with E-state index in [9.17, 15) is 4.79 Å². The molecule has 0 radical (unpaired) electrons. The van der Waals surface area contributed by atoms with Crippen LogP contribution in [0.1, 0.15) is 24.3 Å². The second-order valence-corrected chi connectivity index (χ2v) is 8.89. The average molecular weight is 499 g/mol. The first kappa shape index (κ1) is 21.0. The molecule has 0 bridgehead atoms. The highest BCUT2D eigenvalue weighted by Gasteiger charge is 2.26. The van der Waals surface area contributed by atoms with Crippen molar-refractivity contribution in [2.24, 2.45) is 5.92 Å². The van der Waals surface area contributed by atoms with Crippen LogP contribution in [0.3, 0.4) is 0 Å². The number of fused-ring (bicyclic) bond motifs is 1. The molecule has 166 valence electrons. The van der Waals surface area contributed by atoms with E-state index in [0.29, 0.717) is 24.8 Å². The molecule has 2 aliphatic heterocycles. The lowest BCUT2D eigenvalue weighted by molar-refractivity contribution is -0.126. The lowest BCUT2D eigenvalue weighted by Gasteiger charge is -2.30. The van der Waals surface area contributed by atoms with Crippen molar-refractivity contribution in [3.05, 3.63) is 58.4 Å². The number of aromatic nitrogens is 2. The highest BCUT2D eigenvalue weighted by atomic mass is 79.9. The zero-order chi connectivity index (χ0) is 21.9. The predicted octanol–water partition coefficient (Wildman–Crippen LogP) is 3.76. The lowest BCUT2D eigenvalue weighted by Crippen LogP contribution is -2.40. The van der Waals surface area contributed by atoms with Crippen molar-refractivity contribution in [1.29, 1.82) is 0 Å². The van der Waals surface area contributed by atoms with Crippen LogP contribution in [0, 0.1) is 5.92 Å². The summed E-state index contributed by atoms with van der Waals surface area (Å²) in [6, 6.07) is 13.6. The van der Waals surface area contributed by atoms with Gasteiger partial charge in [-0.3, -0.25) is 9.69 Å². The van der Waals surface area contributed by atoms with Gasteiger partial charge in [0, 0.05) is 22.5 Å². The van der Waals surface area contributed by atoms with Crippen molar-refractivity contribution in [2.45, 2.75) is 25.9 Å². The topological polar surface area (TPSA) is 89.7 Å². The van der Waals surface area contributed by atoms with Gasteiger partial charge in [-0.25, -0.2) is 0 Å². The molecule has 1 fully saturated rings. The molecule has 0 saturated carbocycles. The van der Waals surface area contributed by atoms with Crippen LogP contribution in [0.5, 0.6) is 11.5 Å². The Morgan fingerprint density at radius 3 is 2.81 bits per heavy atom. The number of likely N-dealkylation sites (tertiary alicyclic amines) is 1. The smallest absolute Gasteiger partial charge is 0.241 e. The Hall–Kier alpha value is -2.91. The molecule has 1 saturated heterocycles. The number of ether oxygens (including phenoxy) is 2. The molecule has 1 amide bonds. The standard InChI is InChI=1S/C23H23BrN4O4/c24-18-3-1-2-17(11-18)22-26-21(32-27-22)13-28-8-6-16(7-9-28)23(29)25-12-15-4-5-19-20(10-15)31-14-30-19/h1-5,10-11,16H,6-9,12-14H2,(H,25,29). The minimum absolute atomic E-state index is 0.0141. The fourth-order valence-corrected chi connectivity index (χ4v) is 4.39. The van der Waals surface area contributed by atoms with Crippen molar-refractivity contribution >= 4 is 21.8 Å². The van der Waals surface area contributed by atoms with Crippen LogP contribution in [0.15, 0.2) is 51.5 Å². The van der Waals surface area contributed by atoms with Gasteiger partial charge >= 0.3 is 0 Å². The molecule has 9 heteroatoms. The third kappa shape index (κ3) is 4.78. The minimum Gasteiger partial charge on any atom is -0.454 e. The number of amides is 1. The molecular weight excluding hydrogens is 476 g/mol. The highest BCUT2D eigenvalue weighted by molar-refractivity contribution is 9.10. The molecule has 0 spiro atoms. The summed E-state index contributed by atoms with van der Waals surface area (Å²) in [4.78, 5) is 19.4. The molecule has 32 heavy (non-hydrogen) atoms. The van der Waals surface area contributed by atoms with Crippen LogP contribution in [0.4, 0.5) is 0 Å². The number of piperidine rings is 1. The number of carbonyl (C=O) groups excluding carboxylic acids is 1. The van der Waals surface area contributed by atoms with Gasteiger partial charge in [-0.2, -0.15) is 4.98 Å². The molecule has 1 N–H and O–H groups in total. The number of halogens is 1. The molecule has 8 nitrogen and oxygen atoms in total. The SMILES string of the molecule is O=C(NCc1ccc2c(c1)OCO2)C1CCN(Cc2nc(-c3cccc(Br)c3)no2)CC1. The predicted molar refractivity (Wildman–Crippen MR) is 120 cm³/mol. The van der Waals surface area contributed by atoms with E-state index in [1.165, 1.54) is 0 Å². The molecule has 5 rings (SSSR count). The maximum absolute atomic E-state index is 12.6. The minimum atomic E-state index is 0.0141. The Balaban J connectivity index is 1.09. The maximum Gasteiger partial charge on any atom is 0.241 e. The Kier molecular flexibility index (Phi) is 6.09. The first-order valence-electron chi connectivity index (χ1n) is 10.6. The average Bonchev–Trinajstić information content (AvgIpc) is 3.47. The summed E-state index contributed by atoms with van der Waals surface area (Å²) in [5.74, 6) is 2.76. The van der Waals surface area contributed by atoms with E-state index in [2.05, 4.69) is 36.3 Å². The zero-order valence-electron chi connectivity index (χ0n) is 17.4. The van der Waals surface area contributed by atoms with Crippen LogP contribution in [0.25, 0.3) is 11.4 Å². The van der Waals surface area contributed by atoms with Crippen LogP contribution >= 0.6 is 15.9 Å². The fourth-order valence-electron chi connectivity index (χ4n) is 3.99. The van der Waals surface area contributed by atoms with Crippen LogP contribution in [-0.2, 0) is 17.9 Å². The van der Waals surface area contributed by atoms with E-state index >= 15 is 0 Å². The van der Waals surface area contributed by atoms with Crippen LogP contribution < -0.4 is 14.8 Å². The maximum atomic E-state index is 12.6. The summed E-state index contributed by atoms with van der Waals surface area (Å²) in [5, 5.41) is 7.15. The molecular formula is C23H23BrN4O4. The third-order valence-electron chi connectivity index (χ3n) is 5.77. The number of carbonyl (C=O) groups is 1. The Morgan fingerprint density at radius 1 is 1.12 bits per heavy atom. The van der Waals surface area contributed by atoms with E-state index in [-0.39, 0.29) is 18.6 Å². The molecule has 3 aromatic rings. The Bertz CT molecular complexity index is 1110. The summed E-state index contributed by atoms with van der Waals surface area (Å²) >= 11 is 3.46. The first-order chi connectivity index (χ1) is 15.6. The quantitative estimate of drug-likeness (QED) is 0.553. The summed E-state index contributed by atoms with van der Waals surface area (Å²) in [7, 11) is 0. The van der Waals surface area contributed by atoms with Crippen molar-refractivity contribution in [3.63, 3.8) is 0 Å². The van der Waals surface area contributed by atoms with E-state index < -0.39 is 0 Å². The Morgan fingerprint density at radius 2 is 1.97 bits per heavy atom. The van der Waals surface area contributed by atoms with Gasteiger partial charge in [-0.15, -0.1) is 0 Å². The normalized spacial score (nSPS) is 16.3. The van der Waals surface area contributed by atoms with E-state index in [1.807, 2.05) is 42.5 Å². The summed E-state index contributed by atoms with van der Waals surface area (Å²) in [6.45, 7) is 2.95. The van der Waals surface area contributed by atoms with Crippen LogP contribution in [-0.4, -0.2) is 40.8 Å². The van der Waals surface area contributed by atoms with Crippen molar-refractivity contribution < 1.29 is 18.8 Å². The van der Waals surface area contributed by atoms with Crippen LogP contribution in [0.2, 0.25) is 0 Å². The van der Waals surface area contributed by atoms with Gasteiger partial charge in [-0.05, 0) is 55.8 Å². The van der Waals surface area contributed by atoms with Gasteiger partial charge in [0.25, 0.3) is 0 Å². The number of rotatable bonds is 6. The molecule has 3 heterocycles. The van der Waals surface area contributed by atoms with Gasteiger partial charge in [0.05, 0.1) is 6.54 Å². The number of hydrogen-bond donors (Lipinski definition) is 1. The fraction of sp³-hybridized carbons (Fsp3) is 0.348. The van der Waals surface area contributed by atoms with Gasteiger partial charge < -0.3 is 19.3 Å². The Labute approximate surface area is 194 Å². The summed E-state index contributed by atoms with van der Waals surface area (Å²) < 4.78 is 17.1. The monoisotopic (exact) mass is 498 g/mol. The lowest BCUT2D eigenvalue weighted by atomic mass is 9.96. The number of benzene rings is 2. The summed E-state index contributed by atoms with van der Waals surface area (Å²) in [5.41, 5.74) is 1.91. The molecule has 1 aromatic heterocycles. The van der Waals surface area contributed by atoms with E-state index in [1.54, 1.807) is 0 Å². The zero-order valence-corrected chi connectivity index (χ0v) is 19.0. The van der Waals surface area contributed by atoms with Gasteiger partial charge in [0.15, 0.2) is 11.5 Å². The highest BCUT2D eigenvalue weighted by Crippen LogP contribution is 2.32. The number of nitrogens with zero attached hydrogens (tertiary/aromatic N) is 3. The summed E-state index contributed by atoms with van der Waals surface area (Å²) in [6.07, 6.45) is 1.61.